The van der Waals surface area contributed by atoms with E-state index in [0.717, 1.165) is 35.3 Å². The molecule has 192 valence electrons. The Morgan fingerprint density at radius 3 is 2.42 bits per heavy atom. The van der Waals surface area contributed by atoms with Gasteiger partial charge in [0.15, 0.2) is 0 Å². The lowest BCUT2D eigenvalue weighted by molar-refractivity contribution is -0.154. The number of hydrogen-bond acceptors (Lipinski definition) is 4. The van der Waals surface area contributed by atoms with E-state index in [1.807, 2.05) is 55.5 Å². The van der Waals surface area contributed by atoms with Crippen LogP contribution in [0.1, 0.15) is 49.2 Å². The number of hydrogen-bond donors (Lipinski definition) is 1. The van der Waals surface area contributed by atoms with Crippen LogP contribution >= 0.6 is 0 Å². The van der Waals surface area contributed by atoms with Gasteiger partial charge in [0.25, 0.3) is 0 Å². The Labute approximate surface area is 208 Å². The maximum absolute atomic E-state index is 12.8. The summed E-state index contributed by atoms with van der Waals surface area (Å²) in [5, 5.41) is 2.62. The largest absolute Gasteiger partial charge is 0.397 e. The van der Waals surface area contributed by atoms with Crippen LogP contribution in [0.4, 0.5) is 13.2 Å². The number of aryl methyl sites for hydroxylation is 1. The van der Waals surface area contributed by atoms with E-state index < -0.39 is 24.5 Å². The van der Waals surface area contributed by atoms with Gasteiger partial charge in [-0.05, 0) is 43.9 Å². The predicted molar refractivity (Wildman–Crippen MR) is 130 cm³/mol. The number of halogens is 3. The predicted octanol–water partition coefficient (Wildman–Crippen LogP) is 4.95. The third-order valence-corrected chi connectivity index (χ3v) is 7.36. The summed E-state index contributed by atoms with van der Waals surface area (Å²) in [7, 11) is 0. The molecular formula is C27H31F3N4O2. The van der Waals surface area contributed by atoms with Crippen molar-refractivity contribution in [3.63, 3.8) is 0 Å². The van der Waals surface area contributed by atoms with Crippen LogP contribution < -0.4 is 5.32 Å². The summed E-state index contributed by atoms with van der Waals surface area (Å²) >= 11 is 0. The van der Waals surface area contributed by atoms with Crippen LogP contribution in [0.5, 0.6) is 0 Å². The molecule has 9 heteroatoms. The minimum atomic E-state index is -4.53. The van der Waals surface area contributed by atoms with E-state index in [1.54, 1.807) is 0 Å². The quantitative estimate of drug-likeness (QED) is 0.499. The van der Waals surface area contributed by atoms with Crippen molar-refractivity contribution < 1.29 is 22.7 Å². The Morgan fingerprint density at radius 1 is 1.06 bits per heavy atom. The fraction of sp³-hybridized carbons (Fsp3) is 0.481. The van der Waals surface area contributed by atoms with E-state index in [9.17, 15) is 18.0 Å². The summed E-state index contributed by atoms with van der Waals surface area (Å²) in [6.45, 7) is 3.96. The van der Waals surface area contributed by atoms with Crippen molar-refractivity contribution in [1.82, 2.24) is 19.8 Å². The number of fused-ring (bicyclic) bond motifs is 3. The third-order valence-electron chi connectivity index (χ3n) is 7.36. The van der Waals surface area contributed by atoms with Gasteiger partial charge in [0.1, 0.15) is 12.2 Å². The number of ether oxygens (including phenoxy) is 1. The number of benzene rings is 2. The molecule has 0 radical (unpaired) electrons. The fourth-order valence-electron chi connectivity index (χ4n) is 5.88. The number of piperidine rings is 1. The molecule has 2 bridgehead atoms. The maximum Gasteiger partial charge on any atom is 0.397 e. The summed E-state index contributed by atoms with van der Waals surface area (Å²) in [4.78, 5) is 19.3. The molecule has 0 spiro atoms. The Hall–Kier alpha value is -2.91. The van der Waals surface area contributed by atoms with Gasteiger partial charge in [0.05, 0.1) is 30.3 Å². The van der Waals surface area contributed by atoms with Crippen molar-refractivity contribution in [2.45, 2.75) is 63.0 Å². The molecule has 1 N–H and O–H groups in total. The first-order valence-electron chi connectivity index (χ1n) is 12.5. The zero-order chi connectivity index (χ0) is 25.3. The van der Waals surface area contributed by atoms with Crippen LogP contribution in [-0.4, -0.2) is 58.4 Å². The number of nitrogens with one attached hydrogen (secondary N) is 1. The SMILES string of the molecule is Cc1nc2ccccc2n1C1CC2COCC(C1)N2CC[C@H](NC(=O)CC(F)(F)F)c1ccccc1. The maximum atomic E-state index is 12.8. The highest BCUT2D eigenvalue weighted by atomic mass is 19.4. The van der Waals surface area contributed by atoms with E-state index in [-0.39, 0.29) is 12.1 Å². The second-order valence-electron chi connectivity index (χ2n) is 9.84. The number of imidazole rings is 1. The molecule has 2 aliphatic heterocycles. The molecule has 5 rings (SSSR count). The van der Waals surface area contributed by atoms with Gasteiger partial charge in [-0.1, -0.05) is 42.5 Å². The first-order chi connectivity index (χ1) is 17.3. The number of alkyl halides is 3. The van der Waals surface area contributed by atoms with Crippen molar-refractivity contribution >= 4 is 16.9 Å². The van der Waals surface area contributed by atoms with Gasteiger partial charge in [-0.2, -0.15) is 13.2 Å². The average molecular weight is 501 g/mol. The summed E-state index contributed by atoms with van der Waals surface area (Å²) in [6, 6.07) is 17.6. The standard InChI is InChI=1S/C27H31F3N4O2/c1-18-31-24-9-5-6-10-25(24)34(18)20-13-21-16-36-17-22(14-20)33(21)12-11-23(19-7-3-2-4-8-19)32-26(35)15-27(28,29)30/h2-10,20-23H,11-17H2,1H3,(H,32,35)/t20?,21?,22?,23-/m0/s1. The number of rotatable bonds is 7. The van der Waals surface area contributed by atoms with Gasteiger partial charge in [-0.15, -0.1) is 0 Å². The lowest BCUT2D eigenvalue weighted by atomic mass is 9.89. The Kier molecular flexibility index (Phi) is 7.03. The third kappa shape index (κ3) is 5.42. The van der Waals surface area contributed by atoms with Crippen molar-refractivity contribution in [3.05, 3.63) is 66.0 Å². The van der Waals surface area contributed by atoms with Gasteiger partial charge in [-0.25, -0.2) is 4.98 Å². The molecule has 1 amide bonds. The summed E-state index contributed by atoms with van der Waals surface area (Å²) in [6.07, 6.45) is -3.66. The normalized spacial score (nSPS) is 23.5. The number of amides is 1. The van der Waals surface area contributed by atoms with Crippen LogP contribution in [0, 0.1) is 6.92 Å². The lowest BCUT2D eigenvalue weighted by Gasteiger charge is -2.49. The van der Waals surface area contributed by atoms with Gasteiger partial charge in [0, 0.05) is 24.7 Å². The highest BCUT2D eigenvalue weighted by molar-refractivity contribution is 5.77. The zero-order valence-corrected chi connectivity index (χ0v) is 20.2. The number of nitrogens with zero attached hydrogens (tertiary/aromatic N) is 3. The Balaban J connectivity index is 1.30. The molecular weight excluding hydrogens is 469 g/mol. The fourth-order valence-corrected chi connectivity index (χ4v) is 5.88. The van der Waals surface area contributed by atoms with E-state index >= 15 is 0 Å². The van der Waals surface area contributed by atoms with E-state index in [0.29, 0.717) is 32.2 Å². The second kappa shape index (κ2) is 10.2. The number of aromatic nitrogens is 2. The highest BCUT2D eigenvalue weighted by Gasteiger charge is 2.40. The number of carbonyl (C=O) groups excluding carboxylic acids is 1. The Bertz CT molecular complexity index is 1180. The minimum Gasteiger partial charge on any atom is -0.378 e. The first-order valence-corrected chi connectivity index (χ1v) is 12.5. The van der Waals surface area contributed by atoms with Gasteiger partial charge < -0.3 is 14.6 Å². The number of para-hydroxylation sites is 2. The average Bonchev–Trinajstić information content (AvgIpc) is 3.16. The molecule has 0 aliphatic carbocycles. The lowest BCUT2D eigenvalue weighted by Crippen LogP contribution is -2.57. The van der Waals surface area contributed by atoms with Crippen LogP contribution in [-0.2, 0) is 9.53 Å². The van der Waals surface area contributed by atoms with E-state index in [4.69, 9.17) is 9.72 Å². The molecule has 1 aromatic heterocycles. The minimum absolute atomic E-state index is 0.199. The molecule has 3 heterocycles. The monoisotopic (exact) mass is 500 g/mol. The van der Waals surface area contributed by atoms with Crippen molar-refractivity contribution in [3.8, 4) is 0 Å². The summed E-state index contributed by atoms with van der Waals surface area (Å²) in [5.74, 6) is 0.00575. The molecule has 2 aliphatic rings. The van der Waals surface area contributed by atoms with Crippen LogP contribution in [0.15, 0.2) is 54.6 Å². The topological polar surface area (TPSA) is 59.4 Å². The van der Waals surface area contributed by atoms with Crippen molar-refractivity contribution in [2.75, 3.05) is 19.8 Å². The summed E-state index contributed by atoms with van der Waals surface area (Å²) in [5.41, 5.74) is 2.95. The van der Waals surface area contributed by atoms with Crippen molar-refractivity contribution in [1.29, 1.82) is 0 Å². The molecule has 2 fully saturated rings. The number of morpholine rings is 1. The van der Waals surface area contributed by atoms with Crippen LogP contribution in [0.2, 0.25) is 0 Å². The Morgan fingerprint density at radius 2 is 1.72 bits per heavy atom. The second-order valence-corrected chi connectivity index (χ2v) is 9.84. The molecule has 0 saturated carbocycles. The molecule has 2 unspecified atom stereocenters. The van der Waals surface area contributed by atoms with E-state index in [1.165, 1.54) is 0 Å². The summed E-state index contributed by atoms with van der Waals surface area (Å²) < 4.78 is 46.6. The molecule has 3 atom stereocenters. The molecule has 2 saturated heterocycles. The van der Waals surface area contributed by atoms with Crippen LogP contribution in [0.25, 0.3) is 11.0 Å². The molecule has 2 aromatic carbocycles. The van der Waals surface area contributed by atoms with Gasteiger partial charge >= 0.3 is 6.18 Å². The first kappa shape index (κ1) is 24.8. The zero-order valence-electron chi connectivity index (χ0n) is 20.2. The molecule has 6 nitrogen and oxygen atoms in total. The van der Waals surface area contributed by atoms with Crippen molar-refractivity contribution in [2.24, 2.45) is 0 Å². The van der Waals surface area contributed by atoms with E-state index in [2.05, 4.69) is 20.9 Å². The van der Waals surface area contributed by atoms with Gasteiger partial charge in [-0.3, -0.25) is 9.69 Å². The van der Waals surface area contributed by atoms with Crippen LogP contribution in [0.3, 0.4) is 0 Å². The molecule has 3 aromatic rings. The smallest absolute Gasteiger partial charge is 0.378 e. The highest BCUT2D eigenvalue weighted by Crippen LogP contribution is 2.37. The van der Waals surface area contributed by atoms with Gasteiger partial charge in [0.2, 0.25) is 5.91 Å². The number of carbonyl (C=O) groups is 1. The molecule has 36 heavy (non-hydrogen) atoms.